The van der Waals surface area contributed by atoms with Crippen molar-refractivity contribution in [3.63, 3.8) is 0 Å². The number of carbonyl (C=O) groups excluding carboxylic acids is 1. The first-order valence-electron chi connectivity index (χ1n) is 12.2. The van der Waals surface area contributed by atoms with Gasteiger partial charge >= 0.3 is 5.91 Å². The first-order chi connectivity index (χ1) is 16.2. The Morgan fingerprint density at radius 2 is 1.88 bits per heavy atom. The second-order valence-corrected chi connectivity index (χ2v) is 9.32. The number of aromatic nitrogens is 2. The molecule has 0 spiro atoms. The van der Waals surface area contributed by atoms with E-state index in [1.54, 1.807) is 12.4 Å². The summed E-state index contributed by atoms with van der Waals surface area (Å²) in [5.74, 6) is 2.44. The summed E-state index contributed by atoms with van der Waals surface area (Å²) in [6, 6.07) is 16.4. The van der Waals surface area contributed by atoms with Crippen LogP contribution in [0.1, 0.15) is 54.6 Å². The van der Waals surface area contributed by atoms with Gasteiger partial charge in [-0.05, 0) is 54.5 Å². The molecule has 2 aliphatic carbocycles. The van der Waals surface area contributed by atoms with Crippen molar-refractivity contribution in [2.45, 2.75) is 57.8 Å². The van der Waals surface area contributed by atoms with Gasteiger partial charge in [0.1, 0.15) is 11.4 Å². The van der Waals surface area contributed by atoms with Crippen LogP contribution in [0, 0.1) is 5.92 Å². The molecule has 0 radical (unpaired) electrons. The second kappa shape index (κ2) is 9.84. The Bertz CT molecular complexity index is 1140. The van der Waals surface area contributed by atoms with E-state index < -0.39 is 0 Å². The number of fused-ring (bicyclic) bond motifs is 3. The number of amides is 1. The predicted octanol–water partition coefficient (Wildman–Crippen LogP) is 4.34. The first-order valence-corrected chi connectivity index (χ1v) is 12.2. The van der Waals surface area contributed by atoms with Crippen LogP contribution in [0.25, 0.3) is 11.3 Å². The number of primary amides is 1. The number of aryl methyl sites for hydroxylation is 3. The van der Waals surface area contributed by atoms with Gasteiger partial charge in [0, 0.05) is 12.0 Å². The zero-order valence-corrected chi connectivity index (χ0v) is 19.3. The van der Waals surface area contributed by atoms with Gasteiger partial charge in [-0.3, -0.25) is 0 Å². The van der Waals surface area contributed by atoms with E-state index in [-0.39, 0.29) is 5.91 Å². The van der Waals surface area contributed by atoms with E-state index in [0.29, 0.717) is 12.3 Å². The third-order valence-electron chi connectivity index (χ3n) is 7.03. The van der Waals surface area contributed by atoms with Crippen LogP contribution in [-0.2, 0) is 30.5 Å². The molecule has 1 aromatic heterocycles. The fourth-order valence-corrected chi connectivity index (χ4v) is 5.19. The van der Waals surface area contributed by atoms with Gasteiger partial charge in [0.05, 0.1) is 24.9 Å². The molecule has 0 aliphatic heterocycles. The summed E-state index contributed by atoms with van der Waals surface area (Å²) in [6.07, 6.45) is 8.98. The van der Waals surface area contributed by atoms with Crippen molar-refractivity contribution >= 4 is 11.7 Å². The van der Waals surface area contributed by atoms with Crippen LogP contribution in [0.3, 0.4) is 0 Å². The van der Waals surface area contributed by atoms with Crippen LogP contribution in [0.4, 0.5) is 5.82 Å². The van der Waals surface area contributed by atoms with Crippen molar-refractivity contribution in [1.82, 2.24) is 9.97 Å². The molecule has 1 amide bonds. The van der Waals surface area contributed by atoms with Crippen molar-refractivity contribution < 1.29 is 14.8 Å². The topological polar surface area (TPSA) is 68.7 Å². The van der Waals surface area contributed by atoms with Gasteiger partial charge in [0.2, 0.25) is 0 Å². The van der Waals surface area contributed by atoms with Crippen LogP contribution < -0.4 is 10.1 Å². The highest BCUT2D eigenvalue weighted by atomic mass is 16.5. The largest absolute Gasteiger partial charge is 0.497 e. The highest BCUT2D eigenvalue weighted by Crippen LogP contribution is 2.35. The summed E-state index contributed by atoms with van der Waals surface area (Å²) in [7, 11) is 1.70. The minimum Gasteiger partial charge on any atom is -0.497 e. The molecule has 33 heavy (non-hydrogen) atoms. The molecule has 0 atom stereocenters. The van der Waals surface area contributed by atoms with Gasteiger partial charge < -0.3 is 4.74 Å². The van der Waals surface area contributed by atoms with Crippen molar-refractivity contribution in [3.8, 4) is 17.0 Å². The average Bonchev–Trinajstić information content (AvgIpc) is 3.36. The lowest BCUT2D eigenvalue weighted by Crippen LogP contribution is -2.83. The van der Waals surface area contributed by atoms with Gasteiger partial charge in [-0.2, -0.15) is 4.98 Å². The Labute approximate surface area is 195 Å². The molecule has 0 saturated heterocycles. The molecule has 2 aliphatic rings. The molecule has 170 valence electrons. The normalized spacial score (nSPS) is 15.2. The molecule has 5 nitrogen and oxygen atoms in total. The Kier molecular flexibility index (Phi) is 6.49. The Morgan fingerprint density at radius 3 is 2.67 bits per heavy atom. The molecule has 2 N–H and O–H groups in total. The molecule has 3 aromatic rings. The number of hydrogen-bond acceptors (Lipinski definition) is 4. The Morgan fingerprint density at radius 1 is 1.06 bits per heavy atom. The monoisotopic (exact) mass is 442 g/mol. The summed E-state index contributed by atoms with van der Waals surface area (Å²) in [5.41, 5.74) is 6.58. The first kappa shape index (κ1) is 21.8. The van der Waals surface area contributed by atoms with Crippen molar-refractivity contribution in [1.29, 1.82) is 0 Å². The van der Waals surface area contributed by atoms with E-state index in [1.165, 1.54) is 36.8 Å². The number of carbonyl (C=O) groups is 1. The maximum absolute atomic E-state index is 12.9. The van der Waals surface area contributed by atoms with Crippen LogP contribution in [0.5, 0.6) is 5.75 Å². The van der Waals surface area contributed by atoms with E-state index in [9.17, 15) is 4.79 Å². The molecule has 1 saturated carbocycles. The number of hydrogen-bond donors (Lipinski definition) is 1. The highest BCUT2D eigenvalue weighted by Gasteiger charge is 2.27. The molecule has 0 unspecified atom stereocenters. The summed E-state index contributed by atoms with van der Waals surface area (Å²) >= 11 is 0. The van der Waals surface area contributed by atoms with Gasteiger partial charge in [-0.1, -0.05) is 56.0 Å². The minimum absolute atomic E-state index is 0.127. The van der Waals surface area contributed by atoms with Crippen LogP contribution in [0.2, 0.25) is 0 Å². The molecule has 1 heterocycles. The average molecular weight is 443 g/mol. The summed E-state index contributed by atoms with van der Waals surface area (Å²) in [4.78, 5) is 23.1. The third kappa shape index (κ3) is 4.98. The van der Waals surface area contributed by atoms with Gasteiger partial charge in [-0.25, -0.2) is 15.1 Å². The molecule has 5 rings (SSSR count). The zero-order chi connectivity index (χ0) is 22.6. The zero-order valence-electron chi connectivity index (χ0n) is 19.3. The number of ether oxygens (including phenoxy) is 1. The summed E-state index contributed by atoms with van der Waals surface area (Å²) in [5, 5.41) is 1.75. The van der Waals surface area contributed by atoms with Crippen molar-refractivity contribution in [2.24, 2.45) is 5.92 Å². The number of quaternary nitrogens is 1. The quantitative estimate of drug-likeness (QED) is 0.591. The van der Waals surface area contributed by atoms with Gasteiger partial charge in [0.25, 0.3) is 5.82 Å². The Balaban J connectivity index is 1.42. The molecule has 2 aromatic carbocycles. The van der Waals surface area contributed by atoms with Gasteiger partial charge in [0.15, 0.2) is 0 Å². The molecular formula is C28H32N3O2+. The number of benzene rings is 2. The van der Waals surface area contributed by atoms with Crippen LogP contribution in [0.15, 0.2) is 48.5 Å². The molecule has 5 heteroatoms. The number of methoxy groups -OCH3 is 1. The van der Waals surface area contributed by atoms with E-state index in [0.717, 1.165) is 59.9 Å². The maximum atomic E-state index is 12.9. The molecular weight excluding hydrogens is 410 g/mol. The fourth-order valence-electron chi connectivity index (χ4n) is 5.19. The summed E-state index contributed by atoms with van der Waals surface area (Å²) in [6.45, 7) is 0. The summed E-state index contributed by atoms with van der Waals surface area (Å²) < 4.78 is 5.42. The predicted molar refractivity (Wildman–Crippen MR) is 128 cm³/mol. The van der Waals surface area contributed by atoms with E-state index in [4.69, 9.17) is 14.7 Å². The van der Waals surface area contributed by atoms with E-state index in [1.807, 2.05) is 24.3 Å². The smallest absolute Gasteiger partial charge is 0.317 e. The van der Waals surface area contributed by atoms with Crippen molar-refractivity contribution in [3.05, 3.63) is 71.0 Å². The number of rotatable bonds is 7. The number of nitrogens with zero attached hydrogens (tertiary/aromatic N) is 2. The van der Waals surface area contributed by atoms with Crippen molar-refractivity contribution in [2.75, 3.05) is 7.11 Å². The minimum atomic E-state index is 0.127. The van der Waals surface area contributed by atoms with E-state index in [2.05, 4.69) is 24.3 Å². The Hall–Kier alpha value is -3.05. The lowest BCUT2D eigenvalue weighted by Gasteiger charge is -2.21. The standard InChI is InChI=1S/C28H31N3O2/c1-33-22-13-14-23-21(18-22)12-15-24-27(23)29-25(17-20-9-5-6-10-20)28(30-24)31-26(32)16-11-19-7-3-2-4-8-19/h2-4,7-8,13-14,18,20H,5-6,9-12,15-17H2,1H3,(H,30,31,32)/p+1. The number of nitrogens with two attached hydrogens (primary N) is 1. The molecule has 1 fully saturated rings. The van der Waals surface area contributed by atoms with Crippen LogP contribution in [-0.4, -0.2) is 23.0 Å². The van der Waals surface area contributed by atoms with Gasteiger partial charge in [-0.15, -0.1) is 0 Å². The van der Waals surface area contributed by atoms with Crippen LogP contribution >= 0.6 is 0 Å². The third-order valence-corrected chi connectivity index (χ3v) is 7.03. The van der Waals surface area contributed by atoms with E-state index >= 15 is 0 Å². The molecule has 0 bridgehead atoms. The lowest BCUT2D eigenvalue weighted by molar-refractivity contribution is -0.488. The lowest BCUT2D eigenvalue weighted by atomic mass is 9.91. The fraction of sp³-hybridized carbons (Fsp3) is 0.393. The highest BCUT2D eigenvalue weighted by molar-refractivity contribution is 5.71. The maximum Gasteiger partial charge on any atom is 0.317 e. The second-order valence-electron chi connectivity index (χ2n) is 9.32. The SMILES string of the molecule is COc1ccc2c(c1)CCc1nc([NH2+]C(=O)CCc3ccccc3)c(CC3CCCC3)nc1-2.